The summed E-state index contributed by atoms with van der Waals surface area (Å²) in [6, 6.07) is 7.63. The average molecular weight is 362 g/mol. The Morgan fingerprint density at radius 1 is 1.40 bits per heavy atom. The molecule has 0 bridgehead atoms. The zero-order chi connectivity index (χ0) is 18.0. The number of carbonyl (C=O) groups is 2. The maximum absolute atomic E-state index is 12.8. The molecule has 132 valence electrons. The predicted octanol–water partition coefficient (Wildman–Crippen LogP) is 2.91. The molecule has 1 aliphatic rings. The van der Waals surface area contributed by atoms with Gasteiger partial charge < -0.3 is 10.0 Å². The quantitative estimate of drug-likeness (QED) is 0.822. The summed E-state index contributed by atoms with van der Waals surface area (Å²) in [7, 11) is 0. The average Bonchev–Trinajstić information content (AvgIpc) is 3.32. The van der Waals surface area contributed by atoms with Gasteiger partial charge in [-0.1, -0.05) is 36.7 Å². The lowest BCUT2D eigenvalue weighted by Crippen LogP contribution is -2.38. The summed E-state index contributed by atoms with van der Waals surface area (Å²) >= 11 is 6.16. The Bertz CT molecular complexity index is 785. The fourth-order valence-electron chi connectivity index (χ4n) is 2.68. The molecule has 6 nitrogen and oxygen atoms in total. The Morgan fingerprint density at radius 3 is 2.76 bits per heavy atom. The molecule has 0 saturated heterocycles. The fraction of sp³-hybridized carbons (Fsp3) is 0.389. The van der Waals surface area contributed by atoms with Crippen LogP contribution in [0.25, 0.3) is 0 Å². The summed E-state index contributed by atoms with van der Waals surface area (Å²) in [6.45, 7) is 2.31. The molecule has 1 atom stereocenters. The molecule has 1 aromatic carbocycles. The van der Waals surface area contributed by atoms with Gasteiger partial charge in [-0.2, -0.15) is 5.10 Å². The molecule has 1 fully saturated rings. The number of hydrogen-bond acceptors (Lipinski definition) is 3. The highest BCUT2D eigenvalue weighted by Gasteiger charge is 2.35. The minimum atomic E-state index is -0.895. The van der Waals surface area contributed by atoms with Crippen LogP contribution in [0.15, 0.2) is 36.7 Å². The second kappa shape index (κ2) is 7.27. The number of amides is 1. The van der Waals surface area contributed by atoms with Gasteiger partial charge in [-0.15, -0.1) is 0 Å². The minimum Gasteiger partial charge on any atom is -0.481 e. The summed E-state index contributed by atoms with van der Waals surface area (Å²) < 4.78 is 1.67. The molecule has 1 aromatic heterocycles. The summed E-state index contributed by atoms with van der Waals surface area (Å²) in [5.74, 6) is -1.66. The molecule has 7 heteroatoms. The number of benzene rings is 1. The van der Waals surface area contributed by atoms with Gasteiger partial charge in [0.1, 0.15) is 0 Å². The van der Waals surface area contributed by atoms with Crippen LogP contribution < -0.4 is 0 Å². The monoisotopic (exact) mass is 361 g/mol. The number of aliphatic carboxylic acids is 1. The van der Waals surface area contributed by atoms with Crippen LogP contribution in [-0.2, 0) is 11.3 Å². The van der Waals surface area contributed by atoms with Crippen molar-refractivity contribution in [3.05, 3.63) is 52.8 Å². The molecule has 1 aliphatic carbocycles. The van der Waals surface area contributed by atoms with Crippen LogP contribution in [0, 0.1) is 5.92 Å². The number of nitrogens with zero attached hydrogens (tertiary/aromatic N) is 3. The third-order valence-corrected chi connectivity index (χ3v) is 4.68. The van der Waals surface area contributed by atoms with Gasteiger partial charge in [0.25, 0.3) is 5.91 Å². The Balaban J connectivity index is 1.72. The molecule has 1 saturated carbocycles. The summed E-state index contributed by atoms with van der Waals surface area (Å²) in [5.41, 5.74) is 1.39. The second-order valence-electron chi connectivity index (χ2n) is 6.45. The number of rotatable bonds is 7. The van der Waals surface area contributed by atoms with Crippen molar-refractivity contribution in [2.24, 2.45) is 5.92 Å². The first kappa shape index (κ1) is 17.5. The highest BCUT2D eigenvalue weighted by Crippen LogP contribution is 2.29. The Kier molecular flexibility index (Phi) is 5.08. The van der Waals surface area contributed by atoms with Gasteiger partial charge in [0, 0.05) is 23.8 Å². The zero-order valence-electron chi connectivity index (χ0n) is 13.9. The largest absolute Gasteiger partial charge is 0.481 e. The summed E-state index contributed by atoms with van der Waals surface area (Å²) in [5, 5.41) is 14.0. The minimum absolute atomic E-state index is 0.140. The summed E-state index contributed by atoms with van der Waals surface area (Å²) in [4.78, 5) is 25.5. The van der Waals surface area contributed by atoms with Crippen LogP contribution in [-0.4, -0.2) is 44.3 Å². The van der Waals surface area contributed by atoms with E-state index in [0.29, 0.717) is 17.1 Å². The van der Waals surface area contributed by atoms with E-state index in [-0.39, 0.29) is 18.5 Å². The van der Waals surface area contributed by atoms with Gasteiger partial charge in [-0.25, -0.2) is 0 Å². The highest BCUT2D eigenvalue weighted by molar-refractivity contribution is 6.31. The molecule has 0 spiro atoms. The van der Waals surface area contributed by atoms with Gasteiger partial charge in [-0.3, -0.25) is 14.3 Å². The fourth-order valence-corrected chi connectivity index (χ4v) is 2.88. The molecule has 1 N–H and O–H groups in total. The maximum atomic E-state index is 12.8. The van der Waals surface area contributed by atoms with Crippen molar-refractivity contribution in [2.45, 2.75) is 32.4 Å². The second-order valence-corrected chi connectivity index (χ2v) is 6.85. The molecular formula is C18H20ClN3O3. The first-order chi connectivity index (χ1) is 12.0. The van der Waals surface area contributed by atoms with Gasteiger partial charge in [-0.05, 0) is 24.5 Å². The zero-order valence-corrected chi connectivity index (χ0v) is 14.7. The van der Waals surface area contributed by atoms with Crippen LogP contribution >= 0.6 is 11.6 Å². The third-order valence-electron chi connectivity index (χ3n) is 4.31. The molecule has 3 rings (SSSR count). The number of carboxylic acids is 1. The highest BCUT2D eigenvalue weighted by atomic mass is 35.5. The molecule has 1 heterocycles. The molecule has 2 aromatic rings. The number of aromatic nitrogens is 2. The predicted molar refractivity (Wildman–Crippen MR) is 93.6 cm³/mol. The number of carbonyl (C=O) groups excluding carboxylic acids is 1. The van der Waals surface area contributed by atoms with Gasteiger partial charge in [0.05, 0.1) is 24.2 Å². The van der Waals surface area contributed by atoms with Crippen molar-refractivity contribution in [1.82, 2.24) is 14.7 Å². The van der Waals surface area contributed by atoms with Crippen molar-refractivity contribution in [3.8, 4) is 0 Å². The van der Waals surface area contributed by atoms with Crippen LogP contribution in [0.3, 0.4) is 0 Å². The molecular weight excluding hydrogens is 342 g/mol. The normalized spacial score (nSPS) is 15.0. The Labute approximate surface area is 151 Å². The molecule has 1 unspecified atom stereocenters. The van der Waals surface area contributed by atoms with Crippen molar-refractivity contribution in [2.75, 3.05) is 6.54 Å². The van der Waals surface area contributed by atoms with Crippen molar-refractivity contribution in [3.63, 3.8) is 0 Å². The van der Waals surface area contributed by atoms with E-state index in [4.69, 9.17) is 16.7 Å². The van der Waals surface area contributed by atoms with E-state index in [1.54, 1.807) is 22.7 Å². The number of hydrogen-bond donors (Lipinski definition) is 1. The maximum Gasteiger partial charge on any atom is 0.308 e. The van der Waals surface area contributed by atoms with Crippen molar-refractivity contribution < 1.29 is 14.7 Å². The van der Waals surface area contributed by atoms with E-state index >= 15 is 0 Å². The van der Waals surface area contributed by atoms with Crippen LogP contribution in [0.5, 0.6) is 0 Å². The lowest BCUT2D eigenvalue weighted by molar-refractivity contribution is -0.141. The lowest BCUT2D eigenvalue weighted by Gasteiger charge is -2.23. The van der Waals surface area contributed by atoms with E-state index < -0.39 is 11.9 Å². The SMILES string of the molecule is CC(CN(C(=O)c1cnn(Cc2ccccc2Cl)c1)C1CC1)C(=O)O. The van der Waals surface area contributed by atoms with Gasteiger partial charge >= 0.3 is 5.97 Å². The number of halogens is 1. The van der Waals surface area contributed by atoms with Crippen LogP contribution in [0.2, 0.25) is 5.02 Å². The first-order valence-corrected chi connectivity index (χ1v) is 8.63. The van der Waals surface area contributed by atoms with Gasteiger partial charge in [0.15, 0.2) is 0 Å². The smallest absolute Gasteiger partial charge is 0.308 e. The number of carboxylic acid groups (broad SMARTS) is 1. The third kappa shape index (κ3) is 4.20. The standard InChI is InChI=1S/C18H20ClN3O3/c1-12(18(24)25)9-22(15-6-7-15)17(23)14-8-20-21(11-14)10-13-4-2-3-5-16(13)19/h2-5,8,11-12,15H,6-7,9-10H2,1H3,(H,24,25). The van der Waals surface area contributed by atoms with E-state index in [1.165, 1.54) is 6.20 Å². The molecule has 0 radical (unpaired) electrons. The first-order valence-electron chi connectivity index (χ1n) is 8.25. The molecule has 0 aliphatic heterocycles. The van der Waals surface area contributed by atoms with E-state index in [1.807, 2.05) is 24.3 Å². The van der Waals surface area contributed by atoms with E-state index in [9.17, 15) is 9.59 Å². The Hall–Kier alpha value is -2.34. The molecule has 25 heavy (non-hydrogen) atoms. The molecule has 1 amide bonds. The summed E-state index contributed by atoms with van der Waals surface area (Å²) in [6.07, 6.45) is 5.06. The van der Waals surface area contributed by atoms with Crippen LogP contribution in [0.4, 0.5) is 0 Å². The topological polar surface area (TPSA) is 75.4 Å². The van der Waals surface area contributed by atoms with Crippen molar-refractivity contribution >= 4 is 23.5 Å². The van der Waals surface area contributed by atoms with Crippen molar-refractivity contribution in [1.29, 1.82) is 0 Å². The van der Waals surface area contributed by atoms with Gasteiger partial charge in [0.2, 0.25) is 0 Å². The van der Waals surface area contributed by atoms with Crippen LogP contribution in [0.1, 0.15) is 35.7 Å². The lowest BCUT2D eigenvalue weighted by atomic mass is 10.1. The van der Waals surface area contributed by atoms with E-state index in [2.05, 4.69) is 5.10 Å². The Morgan fingerprint density at radius 2 is 2.12 bits per heavy atom. The van der Waals surface area contributed by atoms with E-state index in [0.717, 1.165) is 18.4 Å².